The molecule has 0 radical (unpaired) electrons. The van der Waals surface area contributed by atoms with E-state index in [2.05, 4.69) is 43.0 Å². The molecule has 8 nitrogen and oxygen atoms in total. The SMILES string of the molecule is CC(C)NC(=O)CN1CCN(C(=O)c2cc(C(C)C)nc3c2cnn3C(C)C)CC1. The second-order valence-corrected chi connectivity index (χ2v) is 8.96. The fourth-order valence-corrected chi connectivity index (χ4v) is 3.74. The topological polar surface area (TPSA) is 83.4 Å². The molecule has 0 aromatic carbocycles. The van der Waals surface area contributed by atoms with E-state index < -0.39 is 0 Å². The highest BCUT2D eigenvalue weighted by Crippen LogP contribution is 2.25. The van der Waals surface area contributed by atoms with E-state index in [1.807, 2.05) is 29.5 Å². The molecular weight excluding hydrogens is 380 g/mol. The van der Waals surface area contributed by atoms with Gasteiger partial charge in [-0.25, -0.2) is 9.67 Å². The van der Waals surface area contributed by atoms with E-state index in [4.69, 9.17) is 4.98 Å². The summed E-state index contributed by atoms with van der Waals surface area (Å²) in [6.07, 6.45) is 1.76. The first-order chi connectivity index (χ1) is 14.2. The van der Waals surface area contributed by atoms with E-state index in [1.54, 1.807) is 6.20 Å². The van der Waals surface area contributed by atoms with Crippen LogP contribution < -0.4 is 5.32 Å². The Kier molecular flexibility index (Phi) is 6.75. The fourth-order valence-electron chi connectivity index (χ4n) is 3.74. The van der Waals surface area contributed by atoms with Gasteiger partial charge in [0.2, 0.25) is 5.91 Å². The molecule has 30 heavy (non-hydrogen) atoms. The normalized spacial score (nSPS) is 15.6. The first-order valence-electron chi connectivity index (χ1n) is 10.9. The van der Waals surface area contributed by atoms with E-state index in [9.17, 15) is 9.59 Å². The second-order valence-electron chi connectivity index (χ2n) is 8.96. The van der Waals surface area contributed by atoms with Crippen LogP contribution >= 0.6 is 0 Å². The lowest BCUT2D eigenvalue weighted by atomic mass is 10.0. The van der Waals surface area contributed by atoms with Gasteiger partial charge in [-0.3, -0.25) is 14.5 Å². The number of pyridine rings is 1. The summed E-state index contributed by atoms with van der Waals surface area (Å²) in [4.78, 5) is 34.2. The third-order valence-corrected chi connectivity index (χ3v) is 5.37. The minimum absolute atomic E-state index is 0.0129. The first-order valence-corrected chi connectivity index (χ1v) is 10.9. The maximum absolute atomic E-state index is 13.4. The molecule has 0 unspecified atom stereocenters. The number of rotatable bonds is 6. The number of hydrogen-bond donors (Lipinski definition) is 1. The van der Waals surface area contributed by atoms with Crippen molar-refractivity contribution in [3.05, 3.63) is 23.5 Å². The Morgan fingerprint density at radius 2 is 1.73 bits per heavy atom. The molecule has 0 aliphatic carbocycles. The van der Waals surface area contributed by atoms with Crippen molar-refractivity contribution in [1.82, 2.24) is 29.9 Å². The van der Waals surface area contributed by atoms with E-state index in [0.717, 1.165) is 16.7 Å². The number of carbonyl (C=O) groups excluding carboxylic acids is 2. The number of fused-ring (bicyclic) bond motifs is 1. The zero-order valence-electron chi connectivity index (χ0n) is 19.0. The number of nitrogens with zero attached hydrogens (tertiary/aromatic N) is 5. The van der Waals surface area contributed by atoms with Crippen LogP contribution in [-0.2, 0) is 4.79 Å². The van der Waals surface area contributed by atoms with Gasteiger partial charge >= 0.3 is 0 Å². The molecule has 3 rings (SSSR count). The van der Waals surface area contributed by atoms with Crippen molar-refractivity contribution in [2.75, 3.05) is 32.7 Å². The lowest BCUT2D eigenvalue weighted by Crippen LogP contribution is -2.51. The minimum atomic E-state index is 0.0129. The van der Waals surface area contributed by atoms with Gasteiger partial charge in [0.05, 0.1) is 23.7 Å². The van der Waals surface area contributed by atoms with E-state index in [-0.39, 0.29) is 29.8 Å². The molecule has 1 fully saturated rings. The van der Waals surface area contributed by atoms with Crippen LogP contribution in [0.3, 0.4) is 0 Å². The number of aromatic nitrogens is 3. The van der Waals surface area contributed by atoms with Crippen LogP contribution in [0.25, 0.3) is 11.0 Å². The van der Waals surface area contributed by atoms with Crippen LogP contribution in [0.4, 0.5) is 0 Å². The van der Waals surface area contributed by atoms with E-state index in [1.165, 1.54) is 0 Å². The fraction of sp³-hybridized carbons (Fsp3) is 0.636. The Bertz CT molecular complexity index is 910. The largest absolute Gasteiger partial charge is 0.353 e. The van der Waals surface area contributed by atoms with Gasteiger partial charge in [0, 0.05) is 44.0 Å². The van der Waals surface area contributed by atoms with Crippen molar-refractivity contribution in [2.45, 2.75) is 59.5 Å². The average Bonchev–Trinajstić information content (AvgIpc) is 3.11. The summed E-state index contributed by atoms with van der Waals surface area (Å²) in [7, 11) is 0. The molecule has 3 heterocycles. The summed E-state index contributed by atoms with van der Waals surface area (Å²) in [6, 6.07) is 2.22. The molecule has 0 spiro atoms. The molecule has 164 valence electrons. The molecule has 2 amide bonds. The lowest BCUT2D eigenvalue weighted by molar-refractivity contribution is -0.123. The van der Waals surface area contributed by atoms with Gasteiger partial charge in [0.25, 0.3) is 5.91 Å². The minimum Gasteiger partial charge on any atom is -0.353 e. The van der Waals surface area contributed by atoms with Crippen molar-refractivity contribution in [2.24, 2.45) is 0 Å². The maximum atomic E-state index is 13.4. The van der Waals surface area contributed by atoms with Crippen molar-refractivity contribution < 1.29 is 9.59 Å². The van der Waals surface area contributed by atoms with Gasteiger partial charge < -0.3 is 10.2 Å². The predicted molar refractivity (Wildman–Crippen MR) is 118 cm³/mol. The third kappa shape index (κ3) is 4.80. The monoisotopic (exact) mass is 414 g/mol. The Morgan fingerprint density at radius 3 is 2.30 bits per heavy atom. The highest BCUT2D eigenvalue weighted by atomic mass is 16.2. The molecule has 1 N–H and O–H groups in total. The number of hydrogen-bond acceptors (Lipinski definition) is 5. The highest BCUT2D eigenvalue weighted by Gasteiger charge is 2.26. The summed E-state index contributed by atoms with van der Waals surface area (Å²) in [5.41, 5.74) is 2.34. The molecule has 0 saturated carbocycles. The molecule has 2 aromatic heterocycles. The summed E-state index contributed by atoms with van der Waals surface area (Å²) in [5.74, 6) is 0.259. The van der Waals surface area contributed by atoms with Crippen molar-refractivity contribution in [1.29, 1.82) is 0 Å². The van der Waals surface area contributed by atoms with Gasteiger partial charge in [-0.1, -0.05) is 13.8 Å². The molecule has 8 heteroatoms. The van der Waals surface area contributed by atoms with Crippen LogP contribution in [0.2, 0.25) is 0 Å². The zero-order valence-corrected chi connectivity index (χ0v) is 19.0. The van der Waals surface area contributed by atoms with Crippen LogP contribution in [0.1, 0.15) is 69.6 Å². The molecule has 0 atom stereocenters. The summed E-state index contributed by atoms with van der Waals surface area (Å²) in [5, 5.41) is 8.21. The van der Waals surface area contributed by atoms with Gasteiger partial charge in [-0.2, -0.15) is 5.10 Å². The summed E-state index contributed by atoms with van der Waals surface area (Å²) >= 11 is 0. The standard InChI is InChI=1S/C22H34N6O2/c1-14(2)19-11-17(18-12-23-28(16(5)6)21(18)25-19)22(30)27-9-7-26(8-10-27)13-20(29)24-15(3)4/h11-12,14-16H,7-10,13H2,1-6H3,(H,24,29). The van der Waals surface area contributed by atoms with E-state index in [0.29, 0.717) is 38.3 Å². The summed E-state index contributed by atoms with van der Waals surface area (Å²) < 4.78 is 1.88. The van der Waals surface area contributed by atoms with Crippen LogP contribution in [0.15, 0.2) is 12.3 Å². The summed E-state index contributed by atoms with van der Waals surface area (Å²) in [6.45, 7) is 15.2. The zero-order chi connectivity index (χ0) is 22.0. The predicted octanol–water partition coefficient (Wildman–Crippen LogP) is 2.42. The number of carbonyl (C=O) groups is 2. The average molecular weight is 415 g/mol. The molecule has 1 aliphatic rings. The number of nitrogens with one attached hydrogen (secondary N) is 1. The van der Waals surface area contributed by atoms with Crippen LogP contribution in [0.5, 0.6) is 0 Å². The van der Waals surface area contributed by atoms with Crippen molar-refractivity contribution in [3.63, 3.8) is 0 Å². The van der Waals surface area contributed by atoms with Gasteiger partial charge in [-0.15, -0.1) is 0 Å². The quantitative estimate of drug-likeness (QED) is 0.785. The van der Waals surface area contributed by atoms with E-state index >= 15 is 0 Å². The Balaban J connectivity index is 1.78. The maximum Gasteiger partial charge on any atom is 0.254 e. The molecule has 2 aromatic rings. The van der Waals surface area contributed by atoms with Gasteiger partial charge in [0.1, 0.15) is 0 Å². The number of amides is 2. The van der Waals surface area contributed by atoms with Crippen molar-refractivity contribution >= 4 is 22.8 Å². The highest BCUT2D eigenvalue weighted by molar-refractivity contribution is 6.05. The molecule has 0 bridgehead atoms. The second kappa shape index (κ2) is 9.12. The van der Waals surface area contributed by atoms with Crippen LogP contribution in [0, 0.1) is 0 Å². The molecule has 1 aliphatic heterocycles. The lowest BCUT2D eigenvalue weighted by Gasteiger charge is -2.34. The van der Waals surface area contributed by atoms with Gasteiger partial charge in [-0.05, 0) is 39.7 Å². The first kappa shape index (κ1) is 22.2. The molecule has 1 saturated heterocycles. The van der Waals surface area contributed by atoms with Gasteiger partial charge in [0.15, 0.2) is 5.65 Å². The van der Waals surface area contributed by atoms with Crippen molar-refractivity contribution in [3.8, 4) is 0 Å². The third-order valence-electron chi connectivity index (χ3n) is 5.37. The number of piperazine rings is 1. The van der Waals surface area contributed by atoms with Crippen LogP contribution in [-0.4, -0.2) is 75.1 Å². The Hall–Kier alpha value is -2.48. The Labute approximate surface area is 178 Å². The Morgan fingerprint density at radius 1 is 1.07 bits per heavy atom. The molecular formula is C22H34N6O2. The smallest absolute Gasteiger partial charge is 0.254 e.